The first kappa shape index (κ1) is 17.7. The SMILES string of the molecule is [CH2]CCCCCCC/C=C/CCCCCCCC. The van der Waals surface area contributed by atoms with Crippen molar-refractivity contribution in [2.24, 2.45) is 0 Å². The fraction of sp³-hybridized carbons (Fsp3) is 0.833. The summed E-state index contributed by atoms with van der Waals surface area (Å²) >= 11 is 0. The van der Waals surface area contributed by atoms with Gasteiger partial charge in [0.2, 0.25) is 0 Å². The molecule has 107 valence electrons. The van der Waals surface area contributed by atoms with Crippen LogP contribution in [0.1, 0.15) is 96.8 Å². The third kappa shape index (κ3) is 15.7. The van der Waals surface area contributed by atoms with Gasteiger partial charge in [0.1, 0.15) is 0 Å². The van der Waals surface area contributed by atoms with E-state index in [1.54, 1.807) is 0 Å². The highest BCUT2D eigenvalue weighted by Gasteiger charge is 1.89. The maximum atomic E-state index is 3.87. The van der Waals surface area contributed by atoms with E-state index in [0.29, 0.717) is 0 Å². The van der Waals surface area contributed by atoms with Crippen LogP contribution >= 0.6 is 0 Å². The predicted molar refractivity (Wildman–Crippen MR) is 84.8 cm³/mol. The molecule has 0 heterocycles. The predicted octanol–water partition coefficient (Wildman–Crippen LogP) is 6.86. The molecule has 0 aliphatic carbocycles. The highest BCUT2D eigenvalue weighted by atomic mass is 14.0. The summed E-state index contributed by atoms with van der Waals surface area (Å²) in [4.78, 5) is 0. The van der Waals surface area contributed by atoms with Gasteiger partial charge < -0.3 is 0 Å². The quantitative estimate of drug-likeness (QED) is 0.234. The Bertz CT molecular complexity index is 139. The molecular weight excluding hydrogens is 216 g/mol. The van der Waals surface area contributed by atoms with Crippen LogP contribution < -0.4 is 0 Å². The Hall–Kier alpha value is -0.260. The number of hydrogen-bond donors (Lipinski definition) is 0. The zero-order valence-corrected chi connectivity index (χ0v) is 12.8. The second-order valence-corrected chi connectivity index (χ2v) is 5.44. The zero-order chi connectivity index (χ0) is 13.3. The minimum Gasteiger partial charge on any atom is -0.0885 e. The van der Waals surface area contributed by atoms with Gasteiger partial charge >= 0.3 is 0 Å². The van der Waals surface area contributed by atoms with Crippen molar-refractivity contribution >= 4 is 0 Å². The lowest BCUT2D eigenvalue weighted by Gasteiger charge is -1.98. The zero-order valence-electron chi connectivity index (χ0n) is 12.8. The first-order valence-electron chi connectivity index (χ1n) is 8.36. The Morgan fingerprint density at radius 1 is 0.611 bits per heavy atom. The summed E-state index contributed by atoms with van der Waals surface area (Å²) in [6.07, 6.45) is 23.8. The van der Waals surface area contributed by atoms with Gasteiger partial charge in [-0.25, -0.2) is 0 Å². The fourth-order valence-corrected chi connectivity index (χ4v) is 2.25. The highest BCUT2D eigenvalue weighted by molar-refractivity contribution is 4.81. The van der Waals surface area contributed by atoms with Crippen molar-refractivity contribution < 1.29 is 0 Å². The van der Waals surface area contributed by atoms with Gasteiger partial charge in [0.15, 0.2) is 0 Å². The lowest BCUT2D eigenvalue weighted by atomic mass is 10.1. The number of hydrogen-bond acceptors (Lipinski definition) is 0. The smallest absolute Gasteiger partial charge is 0.0351 e. The van der Waals surface area contributed by atoms with E-state index >= 15 is 0 Å². The van der Waals surface area contributed by atoms with E-state index in [1.807, 2.05) is 0 Å². The van der Waals surface area contributed by atoms with Gasteiger partial charge in [-0.15, -0.1) is 0 Å². The second kappa shape index (κ2) is 16.7. The van der Waals surface area contributed by atoms with Crippen LogP contribution in [0.15, 0.2) is 12.2 Å². The lowest BCUT2D eigenvalue weighted by molar-refractivity contribution is 0.609. The van der Waals surface area contributed by atoms with Crippen LogP contribution in [-0.2, 0) is 0 Å². The molecular formula is C18H35. The summed E-state index contributed by atoms with van der Waals surface area (Å²) in [7, 11) is 0. The minimum atomic E-state index is 1.11. The van der Waals surface area contributed by atoms with Crippen molar-refractivity contribution in [3.63, 3.8) is 0 Å². The van der Waals surface area contributed by atoms with Crippen LogP contribution in [0.3, 0.4) is 0 Å². The molecule has 18 heavy (non-hydrogen) atoms. The molecule has 0 saturated heterocycles. The van der Waals surface area contributed by atoms with Crippen LogP contribution in [-0.4, -0.2) is 0 Å². The van der Waals surface area contributed by atoms with Gasteiger partial charge in [0.25, 0.3) is 0 Å². The third-order valence-electron chi connectivity index (χ3n) is 3.51. The summed E-state index contributed by atoms with van der Waals surface area (Å²) in [5.41, 5.74) is 0. The summed E-state index contributed by atoms with van der Waals surface area (Å²) in [5.74, 6) is 0. The first-order chi connectivity index (χ1) is 8.91. The maximum absolute atomic E-state index is 3.87. The molecule has 0 fully saturated rings. The normalized spacial score (nSPS) is 11.4. The fourth-order valence-electron chi connectivity index (χ4n) is 2.25. The Labute approximate surface area is 116 Å². The molecule has 0 heteroatoms. The van der Waals surface area contributed by atoms with E-state index in [-0.39, 0.29) is 0 Å². The average molecular weight is 251 g/mol. The molecule has 0 aromatic carbocycles. The van der Waals surface area contributed by atoms with Crippen LogP contribution in [0.25, 0.3) is 0 Å². The van der Waals surface area contributed by atoms with Crippen molar-refractivity contribution in [1.29, 1.82) is 0 Å². The second-order valence-electron chi connectivity index (χ2n) is 5.44. The molecule has 0 unspecified atom stereocenters. The average Bonchev–Trinajstić information content (AvgIpc) is 2.39. The largest absolute Gasteiger partial charge is 0.0885 e. The van der Waals surface area contributed by atoms with Gasteiger partial charge in [-0.3, -0.25) is 0 Å². The molecule has 0 aromatic heterocycles. The molecule has 0 spiro atoms. The van der Waals surface area contributed by atoms with E-state index in [0.717, 1.165) is 6.42 Å². The van der Waals surface area contributed by atoms with Crippen molar-refractivity contribution in [3.8, 4) is 0 Å². The van der Waals surface area contributed by atoms with E-state index in [1.165, 1.54) is 83.5 Å². The summed E-state index contributed by atoms with van der Waals surface area (Å²) < 4.78 is 0. The number of allylic oxidation sites excluding steroid dienone is 2. The minimum absolute atomic E-state index is 1.11. The van der Waals surface area contributed by atoms with Crippen molar-refractivity contribution in [3.05, 3.63) is 19.1 Å². The maximum Gasteiger partial charge on any atom is -0.0351 e. The van der Waals surface area contributed by atoms with Gasteiger partial charge in [0.05, 0.1) is 0 Å². The van der Waals surface area contributed by atoms with E-state index in [2.05, 4.69) is 26.0 Å². The Kier molecular flexibility index (Phi) is 16.5. The molecule has 0 N–H and O–H groups in total. The summed E-state index contributed by atoms with van der Waals surface area (Å²) in [6.45, 7) is 6.15. The van der Waals surface area contributed by atoms with Crippen molar-refractivity contribution in [2.45, 2.75) is 96.8 Å². The van der Waals surface area contributed by atoms with Crippen LogP contribution in [0.4, 0.5) is 0 Å². The van der Waals surface area contributed by atoms with E-state index < -0.39 is 0 Å². The van der Waals surface area contributed by atoms with Gasteiger partial charge in [-0.1, -0.05) is 90.2 Å². The lowest BCUT2D eigenvalue weighted by Crippen LogP contribution is -1.79. The Balaban J connectivity index is 3.00. The van der Waals surface area contributed by atoms with Crippen molar-refractivity contribution in [1.82, 2.24) is 0 Å². The topological polar surface area (TPSA) is 0 Å². The third-order valence-corrected chi connectivity index (χ3v) is 3.51. The van der Waals surface area contributed by atoms with Crippen molar-refractivity contribution in [2.75, 3.05) is 0 Å². The Morgan fingerprint density at radius 3 is 1.56 bits per heavy atom. The number of rotatable bonds is 14. The molecule has 0 bridgehead atoms. The van der Waals surface area contributed by atoms with Gasteiger partial charge in [0, 0.05) is 0 Å². The molecule has 0 rings (SSSR count). The standard InChI is InChI=1S/C18H35/c1-3-5-7-9-11-13-15-17-18-16-14-12-10-8-6-4-2/h17-18H,1,3-16H2,2H3/b18-17+. The Morgan fingerprint density at radius 2 is 1.06 bits per heavy atom. The van der Waals surface area contributed by atoms with E-state index in [9.17, 15) is 0 Å². The van der Waals surface area contributed by atoms with Crippen LogP contribution in [0.2, 0.25) is 0 Å². The monoisotopic (exact) mass is 251 g/mol. The van der Waals surface area contributed by atoms with E-state index in [4.69, 9.17) is 0 Å². The molecule has 0 aliphatic rings. The van der Waals surface area contributed by atoms with Crippen LogP contribution in [0, 0.1) is 6.92 Å². The number of unbranched alkanes of at least 4 members (excludes halogenated alkanes) is 12. The molecule has 0 aliphatic heterocycles. The van der Waals surface area contributed by atoms with Crippen LogP contribution in [0.5, 0.6) is 0 Å². The molecule has 0 atom stereocenters. The highest BCUT2D eigenvalue weighted by Crippen LogP contribution is 2.09. The van der Waals surface area contributed by atoms with Gasteiger partial charge in [-0.2, -0.15) is 0 Å². The molecule has 0 amide bonds. The summed E-state index contributed by atoms with van der Waals surface area (Å²) in [6, 6.07) is 0. The molecule has 1 radical (unpaired) electrons. The molecule has 0 aromatic rings. The summed E-state index contributed by atoms with van der Waals surface area (Å²) in [5, 5.41) is 0. The molecule has 0 nitrogen and oxygen atoms in total. The van der Waals surface area contributed by atoms with Gasteiger partial charge in [-0.05, 0) is 25.7 Å². The first-order valence-corrected chi connectivity index (χ1v) is 8.36. The molecule has 0 saturated carbocycles.